The van der Waals surface area contributed by atoms with Gasteiger partial charge in [-0.15, -0.1) is 0 Å². The molecule has 0 heterocycles. The molecular formula is C29H47NO2. The predicted molar refractivity (Wildman–Crippen MR) is 132 cm³/mol. The molecule has 0 aromatic heterocycles. The smallest absolute Gasteiger partial charge is 0.160 e. The van der Waals surface area contributed by atoms with Crippen molar-refractivity contribution in [1.82, 2.24) is 0 Å². The van der Waals surface area contributed by atoms with Gasteiger partial charge in [0.05, 0.1) is 6.10 Å². The van der Waals surface area contributed by atoms with E-state index in [2.05, 4.69) is 48.1 Å². The Bertz CT molecular complexity index is 823. The summed E-state index contributed by atoms with van der Waals surface area (Å²) in [7, 11) is 0. The highest BCUT2D eigenvalue weighted by Crippen LogP contribution is 2.65. The Morgan fingerprint density at radius 3 is 2.53 bits per heavy atom. The van der Waals surface area contributed by atoms with E-state index < -0.39 is 6.10 Å². The van der Waals surface area contributed by atoms with Gasteiger partial charge in [-0.3, -0.25) is 4.79 Å². The van der Waals surface area contributed by atoms with Gasteiger partial charge >= 0.3 is 0 Å². The zero-order valence-corrected chi connectivity index (χ0v) is 21.5. The molecule has 4 unspecified atom stereocenters. The van der Waals surface area contributed by atoms with Crippen LogP contribution in [-0.4, -0.2) is 22.5 Å². The van der Waals surface area contributed by atoms with Crippen molar-refractivity contribution in [3.63, 3.8) is 0 Å². The Morgan fingerprint density at radius 2 is 1.88 bits per heavy atom. The van der Waals surface area contributed by atoms with Gasteiger partial charge in [-0.25, -0.2) is 0 Å². The Morgan fingerprint density at radius 1 is 1.19 bits per heavy atom. The quantitative estimate of drug-likeness (QED) is 0.499. The summed E-state index contributed by atoms with van der Waals surface area (Å²) in [5.74, 6) is 2.48. The van der Waals surface area contributed by atoms with E-state index in [1.807, 2.05) is 0 Å². The minimum absolute atomic E-state index is 0.0284. The molecule has 4 aliphatic carbocycles. The fraction of sp³-hybridized carbons (Fsp3) is 0.828. The molecule has 32 heavy (non-hydrogen) atoms. The van der Waals surface area contributed by atoms with E-state index in [9.17, 15) is 9.90 Å². The van der Waals surface area contributed by atoms with Crippen LogP contribution in [0, 0.1) is 40.4 Å². The molecule has 0 spiro atoms. The summed E-state index contributed by atoms with van der Waals surface area (Å²) in [5.41, 5.74) is 9.73. The number of aliphatic hydroxyl groups is 1. The number of Topliss-reactive ketones (excluding diaryl/α,β-unsaturated/α-hetero) is 1. The summed E-state index contributed by atoms with van der Waals surface area (Å²) in [6.45, 7) is 17.9. The summed E-state index contributed by atoms with van der Waals surface area (Å²) >= 11 is 0. The average molecular weight is 442 g/mol. The second-order valence-corrected chi connectivity index (χ2v) is 13.1. The number of carbonyl (C=O) groups is 1. The Balaban J connectivity index is 1.66. The molecule has 180 valence electrons. The van der Waals surface area contributed by atoms with Gasteiger partial charge in [0.2, 0.25) is 0 Å². The Labute approximate surface area is 196 Å². The first kappa shape index (κ1) is 24.2. The third-order valence-corrected chi connectivity index (χ3v) is 10.7. The molecule has 3 N–H and O–H groups in total. The SMILES string of the molecule is C=C(CC[C@@H](C)C1CC[C@H]2C3=C(C(=O)C[C@]12C)[C@@]1(C)CCCC(C)(N)C1CC3O)C(C)C. The van der Waals surface area contributed by atoms with Gasteiger partial charge in [0.25, 0.3) is 0 Å². The average Bonchev–Trinajstić information content (AvgIpc) is 3.03. The number of carbonyl (C=O) groups excluding carboxylic acids is 1. The lowest BCUT2D eigenvalue weighted by molar-refractivity contribution is -0.124. The molecule has 0 aromatic carbocycles. The van der Waals surface area contributed by atoms with Gasteiger partial charge in [0, 0.05) is 22.9 Å². The van der Waals surface area contributed by atoms with Crippen LogP contribution >= 0.6 is 0 Å². The third-order valence-electron chi connectivity index (χ3n) is 10.7. The van der Waals surface area contributed by atoms with Crippen LogP contribution in [0.1, 0.15) is 99.3 Å². The van der Waals surface area contributed by atoms with Crippen LogP contribution in [-0.2, 0) is 4.79 Å². The summed E-state index contributed by atoms with van der Waals surface area (Å²) < 4.78 is 0. The molecule has 0 aromatic rings. The van der Waals surface area contributed by atoms with Crippen molar-refractivity contribution in [2.24, 2.45) is 46.2 Å². The molecule has 8 atom stereocenters. The fourth-order valence-corrected chi connectivity index (χ4v) is 8.77. The van der Waals surface area contributed by atoms with Gasteiger partial charge in [0.1, 0.15) is 0 Å². The van der Waals surface area contributed by atoms with Crippen molar-refractivity contribution in [2.45, 2.75) is 111 Å². The number of allylic oxidation sites excluding steroid dienone is 2. The fourth-order valence-electron chi connectivity index (χ4n) is 8.77. The minimum atomic E-state index is -0.507. The van der Waals surface area contributed by atoms with Crippen LogP contribution in [0.15, 0.2) is 23.3 Å². The molecule has 0 saturated heterocycles. The number of hydrogen-bond donors (Lipinski definition) is 2. The van der Waals surface area contributed by atoms with E-state index in [4.69, 9.17) is 5.73 Å². The van der Waals surface area contributed by atoms with Crippen molar-refractivity contribution in [2.75, 3.05) is 0 Å². The van der Waals surface area contributed by atoms with Gasteiger partial charge in [0.15, 0.2) is 5.78 Å². The second kappa shape index (κ2) is 8.08. The molecule has 4 rings (SSSR count). The van der Waals surface area contributed by atoms with E-state index in [-0.39, 0.29) is 22.3 Å². The lowest BCUT2D eigenvalue weighted by Gasteiger charge is -2.58. The molecule has 4 aliphatic rings. The van der Waals surface area contributed by atoms with Gasteiger partial charge in [-0.1, -0.05) is 53.2 Å². The molecule has 0 amide bonds. The number of rotatable bonds is 5. The lowest BCUT2D eigenvalue weighted by Crippen LogP contribution is -2.60. The summed E-state index contributed by atoms with van der Waals surface area (Å²) in [6, 6.07) is 0. The zero-order valence-electron chi connectivity index (χ0n) is 21.5. The van der Waals surface area contributed by atoms with Crippen molar-refractivity contribution in [3.8, 4) is 0 Å². The number of fused-ring (bicyclic) bond motifs is 4. The Hall–Kier alpha value is -0.930. The highest BCUT2D eigenvalue weighted by Gasteiger charge is 2.62. The standard InChI is InChI=1S/C29H47NO2/c1-17(2)18(3)9-10-19(4)20-11-12-21-25-22(31)15-24-27(5,13-8-14-29(24,7)30)26(25)23(32)16-28(20,21)6/h17,19-22,24,31H,3,8-16,30H2,1-2,4-7H3/t19-,20?,21+,22?,24?,27+,28-,29?/m1/s1. The molecule has 0 bridgehead atoms. The first-order valence-corrected chi connectivity index (χ1v) is 13.2. The normalized spacial score (nSPS) is 44.8. The van der Waals surface area contributed by atoms with E-state index in [1.54, 1.807) is 0 Å². The third kappa shape index (κ3) is 3.57. The molecule has 2 fully saturated rings. The van der Waals surface area contributed by atoms with E-state index in [0.717, 1.165) is 56.1 Å². The van der Waals surface area contributed by atoms with Crippen molar-refractivity contribution in [3.05, 3.63) is 23.3 Å². The zero-order chi connectivity index (χ0) is 23.6. The van der Waals surface area contributed by atoms with Crippen LogP contribution in [0.3, 0.4) is 0 Å². The lowest BCUT2D eigenvalue weighted by atomic mass is 9.47. The van der Waals surface area contributed by atoms with Crippen molar-refractivity contribution < 1.29 is 9.90 Å². The molecule has 2 saturated carbocycles. The number of ketones is 1. The molecule has 0 radical (unpaired) electrons. The van der Waals surface area contributed by atoms with Crippen LogP contribution in [0.4, 0.5) is 0 Å². The molecule has 3 nitrogen and oxygen atoms in total. The summed E-state index contributed by atoms with van der Waals surface area (Å²) in [6.07, 6.45) is 8.45. The second-order valence-electron chi connectivity index (χ2n) is 13.1. The minimum Gasteiger partial charge on any atom is -0.389 e. The first-order valence-electron chi connectivity index (χ1n) is 13.2. The highest BCUT2D eigenvalue weighted by atomic mass is 16.3. The first-order chi connectivity index (χ1) is 14.8. The summed E-state index contributed by atoms with van der Waals surface area (Å²) in [5, 5.41) is 11.5. The van der Waals surface area contributed by atoms with E-state index in [1.165, 1.54) is 12.0 Å². The van der Waals surface area contributed by atoms with Gasteiger partial charge in [-0.2, -0.15) is 0 Å². The van der Waals surface area contributed by atoms with E-state index in [0.29, 0.717) is 35.9 Å². The molecule has 0 aliphatic heterocycles. The largest absolute Gasteiger partial charge is 0.389 e. The number of hydrogen-bond acceptors (Lipinski definition) is 3. The van der Waals surface area contributed by atoms with Crippen molar-refractivity contribution in [1.29, 1.82) is 0 Å². The van der Waals surface area contributed by atoms with Crippen molar-refractivity contribution >= 4 is 5.78 Å². The topological polar surface area (TPSA) is 63.3 Å². The van der Waals surface area contributed by atoms with Crippen LogP contribution in [0.2, 0.25) is 0 Å². The van der Waals surface area contributed by atoms with Crippen LogP contribution < -0.4 is 5.73 Å². The maximum atomic E-state index is 13.9. The maximum Gasteiger partial charge on any atom is 0.160 e. The molecular weight excluding hydrogens is 394 g/mol. The van der Waals surface area contributed by atoms with Gasteiger partial charge in [-0.05, 0) is 92.4 Å². The Kier molecular flexibility index (Phi) is 6.11. The maximum absolute atomic E-state index is 13.9. The predicted octanol–water partition coefficient (Wildman–Crippen LogP) is 6.21. The highest BCUT2D eigenvalue weighted by molar-refractivity contribution is 5.99. The van der Waals surface area contributed by atoms with Crippen LogP contribution in [0.5, 0.6) is 0 Å². The van der Waals surface area contributed by atoms with Gasteiger partial charge < -0.3 is 10.8 Å². The molecule has 3 heteroatoms. The number of nitrogens with two attached hydrogens (primary N) is 1. The van der Waals surface area contributed by atoms with Crippen LogP contribution in [0.25, 0.3) is 0 Å². The monoisotopic (exact) mass is 441 g/mol. The van der Waals surface area contributed by atoms with E-state index >= 15 is 0 Å². The summed E-state index contributed by atoms with van der Waals surface area (Å²) in [4.78, 5) is 13.9. The number of aliphatic hydroxyl groups excluding tert-OH is 1.